The van der Waals surface area contributed by atoms with Gasteiger partial charge in [-0.2, -0.15) is 10.2 Å². The number of ether oxygens (including phenoxy) is 3. The number of fused-ring (bicyclic) bond motifs is 1. The summed E-state index contributed by atoms with van der Waals surface area (Å²) in [5.74, 6) is 0.679. The van der Waals surface area contributed by atoms with Gasteiger partial charge in [-0.25, -0.2) is 14.3 Å². The number of hydrogen-bond acceptors (Lipinski definition) is 7. The predicted molar refractivity (Wildman–Crippen MR) is 141 cm³/mol. The lowest BCUT2D eigenvalue weighted by Crippen LogP contribution is -2.33. The van der Waals surface area contributed by atoms with Crippen molar-refractivity contribution in [3.8, 4) is 16.9 Å². The summed E-state index contributed by atoms with van der Waals surface area (Å²) in [5.41, 5.74) is 1.70. The van der Waals surface area contributed by atoms with Crippen molar-refractivity contribution in [2.75, 3.05) is 26.4 Å². The Hall–Kier alpha value is -2.24. The van der Waals surface area contributed by atoms with E-state index < -0.39 is 11.7 Å². The van der Waals surface area contributed by atoms with Crippen LogP contribution >= 0.6 is 28.4 Å². The van der Waals surface area contributed by atoms with Crippen molar-refractivity contribution >= 4 is 45.4 Å². The van der Waals surface area contributed by atoms with E-state index in [9.17, 15) is 9.59 Å². The molecule has 10 nitrogen and oxygen atoms in total. The molecule has 3 rings (SSSR count). The largest absolute Gasteiger partial charge is 0.490 e. The third-order valence-electron chi connectivity index (χ3n) is 4.60. The molecule has 12 heteroatoms. The molecule has 0 bridgehead atoms. The fourth-order valence-electron chi connectivity index (χ4n) is 3.13. The lowest BCUT2D eigenvalue weighted by Gasteiger charge is -2.19. The molecule has 2 N–H and O–H groups in total. The second-order valence-electron chi connectivity index (χ2n) is 8.48. The van der Waals surface area contributed by atoms with Crippen LogP contribution in [0.25, 0.3) is 22.0 Å². The first-order valence-corrected chi connectivity index (χ1v) is 14.9. The normalized spacial score (nSPS) is 11.9. The molecule has 2 heterocycles. The standard InChI is InChI=1S/C22H29IN5O5P/c1-22(2,3)33-21(30)24-6-4-5-7-31-8-9-32-19-11-15(16-12-20(29)27-25-13-16)10-18-17(19)14-26-28(18)34-23/h10-14,34H,4-9H2,1-3H3,(H,24,30)(H,27,29). The van der Waals surface area contributed by atoms with Crippen LogP contribution in [0.15, 0.2) is 35.4 Å². The first-order chi connectivity index (χ1) is 16.3. The molecular formula is C22H29IN5O5P. The second-order valence-corrected chi connectivity index (χ2v) is 10.5. The minimum Gasteiger partial charge on any atom is -0.490 e. The number of carbonyl (C=O) groups is 1. The summed E-state index contributed by atoms with van der Waals surface area (Å²) in [5, 5.41) is 14.4. The summed E-state index contributed by atoms with van der Waals surface area (Å²) in [4.78, 5) is 23.3. The molecule has 2 aromatic heterocycles. The van der Waals surface area contributed by atoms with Crippen LogP contribution in [-0.2, 0) is 9.47 Å². The van der Waals surface area contributed by atoms with Crippen LogP contribution in [-0.4, -0.2) is 57.8 Å². The fourth-order valence-corrected chi connectivity index (χ4v) is 4.66. The van der Waals surface area contributed by atoms with Crippen LogP contribution < -0.4 is 15.6 Å². The summed E-state index contributed by atoms with van der Waals surface area (Å²) >= 11 is 2.27. The number of nitrogens with zero attached hydrogens (tertiary/aromatic N) is 3. The average Bonchev–Trinajstić information content (AvgIpc) is 3.20. The van der Waals surface area contributed by atoms with Crippen LogP contribution in [0, 0.1) is 0 Å². The number of amides is 1. The molecule has 0 aliphatic carbocycles. The van der Waals surface area contributed by atoms with Crippen molar-refractivity contribution in [3.05, 3.63) is 40.9 Å². The Labute approximate surface area is 212 Å². The smallest absolute Gasteiger partial charge is 0.407 e. The monoisotopic (exact) mass is 601 g/mol. The SMILES string of the molecule is CC(C)(C)OC(=O)NCCCCOCCOc1cc(-c2cn[nH]c(=O)c2)cc2c1cnn2PI. The van der Waals surface area contributed by atoms with E-state index in [0.717, 1.165) is 29.3 Å². The first kappa shape index (κ1) is 26.4. The van der Waals surface area contributed by atoms with Gasteiger partial charge in [0.25, 0.3) is 5.56 Å². The Bertz CT molecular complexity index is 1160. The van der Waals surface area contributed by atoms with Crippen LogP contribution in [0.1, 0.15) is 33.6 Å². The van der Waals surface area contributed by atoms with E-state index in [-0.39, 0.29) is 5.56 Å². The molecule has 0 spiro atoms. The number of unbranched alkanes of at least 4 members (excludes halogenated alkanes) is 1. The number of halogens is 1. The van der Waals surface area contributed by atoms with Gasteiger partial charge < -0.3 is 19.5 Å². The van der Waals surface area contributed by atoms with Gasteiger partial charge in [0.05, 0.1) is 36.3 Å². The number of hydrogen-bond donors (Lipinski definition) is 2. The van der Waals surface area contributed by atoms with Crippen LogP contribution in [0.3, 0.4) is 0 Å². The van der Waals surface area contributed by atoms with Gasteiger partial charge in [-0.3, -0.25) is 4.79 Å². The zero-order valence-electron chi connectivity index (χ0n) is 19.4. The van der Waals surface area contributed by atoms with Gasteiger partial charge in [-0.15, -0.1) is 0 Å². The van der Waals surface area contributed by atoms with E-state index in [0.29, 0.717) is 44.1 Å². The molecule has 1 atom stereocenters. The average molecular weight is 601 g/mol. The minimum atomic E-state index is -0.497. The maximum absolute atomic E-state index is 11.7. The van der Waals surface area contributed by atoms with Crippen LogP contribution in [0.4, 0.5) is 4.79 Å². The lowest BCUT2D eigenvalue weighted by molar-refractivity contribution is 0.0523. The molecule has 34 heavy (non-hydrogen) atoms. The Morgan fingerprint density at radius 3 is 2.71 bits per heavy atom. The van der Waals surface area contributed by atoms with Gasteiger partial charge in [0.2, 0.25) is 0 Å². The van der Waals surface area contributed by atoms with Gasteiger partial charge in [0, 0.05) is 24.8 Å². The van der Waals surface area contributed by atoms with E-state index in [1.54, 1.807) is 12.4 Å². The summed E-state index contributed by atoms with van der Waals surface area (Å²) in [6, 6.07) is 5.38. The van der Waals surface area contributed by atoms with E-state index >= 15 is 0 Å². The number of aromatic amines is 1. The van der Waals surface area contributed by atoms with Gasteiger partial charge in [-0.05, 0) is 73.3 Å². The number of nitrogens with one attached hydrogen (secondary N) is 2. The van der Waals surface area contributed by atoms with E-state index in [4.69, 9.17) is 14.2 Å². The van der Waals surface area contributed by atoms with Gasteiger partial charge in [0.1, 0.15) is 18.0 Å². The summed E-state index contributed by atoms with van der Waals surface area (Å²) in [7, 11) is 0. The van der Waals surface area contributed by atoms with Gasteiger partial charge in [-0.1, -0.05) is 0 Å². The summed E-state index contributed by atoms with van der Waals surface area (Å²) < 4.78 is 18.8. The lowest BCUT2D eigenvalue weighted by atomic mass is 10.1. The molecule has 1 aromatic carbocycles. The molecule has 1 unspecified atom stereocenters. The Morgan fingerprint density at radius 1 is 1.15 bits per heavy atom. The predicted octanol–water partition coefficient (Wildman–Crippen LogP) is 4.28. The fraction of sp³-hybridized carbons (Fsp3) is 0.455. The molecule has 0 aliphatic rings. The maximum Gasteiger partial charge on any atom is 0.407 e. The second kappa shape index (κ2) is 12.5. The molecule has 0 aliphatic heterocycles. The summed E-state index contributed by atoms with van der Waals surface area (Å²) in [6.07, 6.45) is 5.03. The Balaban J connectivity index is 1.48. The number of alkyl carbamates (subject to hydrolysis) is 1. The zero-order chi connectivity index (χ0) is 24.6. The van der Waals surface area contributed by atoms with Crippen LogP contribution in [0.5, 0.6) is 5.75 Å². The van der Waals surface area contributed by atoms with Crippen molar-refractivity contribution in [2.24, 2.45) is 0 Å². The van der Waals surface area contributed by atoms with Crippen molar-refractivity contribution in [2.45, 2.75) is 39.2 Å². The van der Waals surface area contributed by atoms with Crippen molar-refractivity contribution in [1.82, 2.24) is 25.1 Å². The van der Waals surface area contributed by atoms with Gasteiger partial charge in [0.15, 0.2) is 0 Å². The quantitative estimate of drug-likeness (QED) is 0.191. The number of H-pyrrole nitrogens is 1. The molecule has 0 radical (unpaired) electrons. The number of benzene rings is 1. The molecule has 1 amide bonds. The third-order valence-corrected chi connectivity index (χ3v) is 6.49. The van der Waals surface area contributed by atoms with Crippen LogP contribution in [0.2, 0.25) is 0 Å². The topological polar surface area (TPSA) is 120 Å². The molecule has 0 saturated heterocycles. The Kier molecular flexibility index (Phi) is 9.66. The molecule has 184 valence electrons. The number of aromatic nitrogens is 4. The maximum atomic E-state index is 11.7. The molecule has 0 saturated carbocycles. The van der Waals surface area contributed by atoms with Crippen molar-refractivity contribution < 1.29 is 19.0 Å². The molecule has 3 aromatic rings. The molecule has 0 fully saturated rings. The highest BCUT2D eigenvalue weighted by molar-refractivity contribution is 14.2. The molecular weight excluding hydrogens is 572 g/mol. The van der Waals surface area contributed by atoms with Crippen molar-refractivity contribution in [3.63, 3.8) is 0 Å². The zero-order valence-corrected chi connectivity index (χ0v) is 22.5. The third kappa shape index (κ3) is 7.92. The Morgan fingerprint density at radius 2 is 1.97 bits per heavy atom. The number of rotatable bonds is 11. The summed E-state index contributed by atoms with van der Waals surface area (Å²) in [6.45, 7) is 7.41. The van der Waals surface area contributed by atoms with Crippen molar-refractivity contribution in [1.29, 1.82) is 0 Å². The number of carbonyl (C=O) groups excluding carboxylic acids is 1. The first-order valence-electron chi connectivity index (χ1n) is 10.9. The van der Waals surface area contributed by atoms with E-state index in [1.807, 2.05) is 37.4 Å². The highest BCUT2D eigenvalue weighted by Gasteiger charge is 2.15. The minimum absolute atomic E-state index is 0.265. The highest BCUT2D eigenvalue weighted by Crippen LogP contribution is 2.36. The van der Waals surface area contributed by atoms with E-state index in [2.05, 4.69) is 42.7 Å². The highest BCUT2D eigenvalue weighted by atomic mass is 127. The van der Waals surface area contributed by atoms with E-state index in [1.165, 1.54) is 6.07 Å². The van der Waals surface area contributed by atoms with Gasteiger partial charge >= 0.3 is 6.09 Å².